The van der Waals surface area contributed by atoms with E-state index in [1.165, 1.54) is 11.8 Å². The van der Waals surface area contributed by atoms with Crippen LogP contribution in [0.15, 0.2) is 23.6 Å². The molecule has 80 valence electrons. The third kappa shape index (κ3) is 2.45. The maximum atomic E-state index is 10.7. The summed E-state index contributed by atoms with van der Waals surface area (Å²) in [4.78, 5) is 18.9. The summed E-state index contributed by atoms with van der Waals surface area (Å²) in [6.45, 7) is 1.39. The smallest absolute Gasteiger partial charge is 0.304 e. The van der Waals surface area contributed by atoms with Crippen molar-refractivity contribution in [3.05, 3.63) is 18.5 Å². The lowest BCUT2D eigenvalue weighted by molar-refractivity contribution is -0.138. The topological polar surface area (TPSA) is 75.1 Å². The maximum Gasteiger partial charge on any atom is 0.304 e. The number of hydrogen-bond acceptors (Lipinski definition) is 5. The summed E-state index contributed by atoms with van der Waals surface area (Å²) in [5.74, 6) is -0.778. The summed E-state index contributed by atoms with van der Waals surface area (Å²) >= 11 is 1.44. The monoisotopic (exact) mass is 225 g/mol. The van der Waals surface area contributed by atoms with Crippen LogP contribution in [0.25, 0.3) is 0 Å². The van der Waals surface area contributed by atoms with Crippen molar-refractivity contribution in [3.8, 4) is 0 Å². The molecule has 0 bridgehead atoms. The molecule has 2 heterocycles. The van der Waals surface area contributed by atoms with E-state index in [2.05, 4.69) is 15.3 Å². The standard InChI is InChI=1S/C9H11N3O2S/c13-7(14)4-9(5-10-6-9)15-8-11-2-1-3-12-8/h1-3,10H,4-6H2,(H,13,14). The molecule has 1 fully saturated rings. The Morgan fingerprint density at radius 3 is 2.67 bits per heavy atom. The van der Waals surface area contributed by atoms with Crippen molar-refractivity contribution >= 4 is 17.7 Å². The van der Waals surface area contributed by atoms with Crippen LogP contribution in [-0.2, 0) is 4.79 Å². The van der Waals surface area contributed by atoms with Gasteiger partial charge in [-0.1, -0.05) is 11.8 Å². The Morgan fingerprint density at radius 1 is 1.53 bits per heavy atom. The van der Waals surface area contributed by atoms with Gasteiger partial charge in [0.25, 0.3) is 0 Å². The van der Waals surface area contributed by atoms with Gasteiger partial charge < -0.3 is 10.4 Å². The van der Waals surface area contributed by atoms with Crippen LogP contribution in [0, 0.1) is 0 Å². The van der Waals surface area contributed by atoms with Crippen LogP contribution in [-0.4, -0.2) is 38.9 Å². The Balaban J connectivity index is 2.05. The molecule has 0 radical (unpaired) electrons. The van der Waals surface area contributed by atoms with Crippen LogP contribution in [0.1, 0.15) is 6.42 Å². The third-order valence-electron chi connectivity index (χ3n) is 2.22. The minimum absolute atomic E-state index is 0.142. The summed E-state index contributed by atoms with van der Waals surface area (Å²) in [6, 6.07) is 1.74. The van der Waals surface area contributed by atoms with Gasteiger partial charge in [0, 0.05) is 25.5 Å². The molecular formula is C9H11N3O2S. The molecule has 1 aliphatic heterocycles. The Labute approximate surface area is 91.3 Å². The molecule has 0 atom stereocenters. The number of aromatic nitrogens is 2. The summed E-state index contributed by atoms with van der Waals surface area (Å²) in [7, 11) is 0. The van der Waals surface area contributed by atoms with Gasteiger partial charge in [-0.15, -0.1) is 0 Å². The van der Waals surface area contributed by atoms with E-state index < -0.39 is 5.97 Å². The number of rotatable bonds is 4. The summed E-state index contributed by atoms with van der Waals surface area (Å²) in [6.07, 6.45) is 3.47. The van der Waals surface area contributed by atoms with Crippen molar-refractivity contribution in [1.29, 1.82) is 0 Å². The highest BCUT2D eigenvalue weighted by Crippen LogP contribution is 2.36. The first kappa shape index (κ1) is 10.4. The Kier molecular flexibility index (Phi) is 2.88. The SMILES string of the molecule is O=C(O)CC1(Sc2ncccn2)CNC1. The highest BCUT2D eigenvalue weighted by atomic mass is 32.2. The molecule has 15 heavy (non-hydrogen) atoms. The first-order valence-corrected chi connectivity index (χ1v) is 5.40. The first-order valence-electron chi connectivity index (χ1n) is 4.59. The van der Waals surface area contributed by atoms with E-state index >= 15 is 0 Å². The van der Waals surface area contributed by atoms with Crippen LogP contribution >= 0.6 is 11.8 Å². The minimum Gasteiger partial charge on any atom is -0.481 e. The lowest BCUT2D eigenvalue weighted by Crippen LogP contribution is -2.58. The molecule has 0 aliphatic carbocycles. The average molecular weight is 225 g/mol. The van der Waals surface area contributed by atoms with Crippen molar-refractivity contribution in [1.82, 2.24) is 15.3 Å². The molecule has 1 aromatic heterocycles. The number of carbonyl (C=O) groups is 1. The fourth-order valence-corrected chi connectivity index (χ4v) is 2.60. The Bertz CT molecular complexity index is 354. The van der Waals surface area contributed by atoms with E-state index in [1.807, 2.05) is 0 Å². The highest BCUT2D eigenvalue weighted by Gasteiger charge is 2.40. The minimum atomic E-state index is -0.778. The molecule has 0 saturated carbocycles. The predicted molar refractivity (Wildman–Crippen MR) is 55.7 cm³/mol. The molecule has 0 spiro atoms. The predicted octanol–water partition coefficient (Wildman–Crippen LogP) is 0.385. The lowest BCUT2D eigenvalue weighted by Gasteiger charge is -2.40. The molecule has 0 aromatic carbocycles. The van der Waals surface area contributed by atoms with Crippen LogP contribution in [0.5, 0.6) is 0 Å². The van der Waals surface area contributed by atoms with E-state index in [4.69, 9.17) is 5.11 Å². The fourth-order valence-electron chi connectivity index (χ4n) is 1.44. The zero-order chi connectivity index (χ0) is 10.7. The van der Waals surface area contributed by atoms with Crippen molar-refractivity contribution < 1.29 is 9.90 Å². The van der Waals surface area contributed by atoms with Gasteiger partial charge in [0.1, 0.15) is 0 Å². The molecule has 0 unspecified atom stereocenters. The van der Waals surface area contributed by atoms with Crippen molar-refractivity contribution in [2.24, 2.45) is 0 Å². The highest BCUT2D eigenvalue weighted by molar-refractivity contribution is 8.00. The van der Waals surface area contributed by atoms with Crippen molar-refractivity contribution in [3.63, 3.8) is 0 Å². The molecular weight excluding hydrogens is 214 g/mol. The molecule has 2 rings (SSSR count). The van der Waals surface area contributed by atoms with Gasteiger partial charge in [-0.3, -0.25) is 4.79 Å². The molecule has 1 aromatic rings. The number of carboxylic acid groups (broad SMARTS) is 1. The number of thioether (sulfide) groups is 1. The van der Waals surface area contributed by atoms with Crippen LogP contribution in [0.2, 0.25) is 0 Å². The average Bonchev–Trinajstić information content (AvgIpc) is 2.15. The lowest BCUT2D eigenvalue weighted by atomic mass is 9.98. The van der Waals surface area contributed by atoms with Gasteiger partial charge in [0.2, 0.25) is 0 Å². The number of nitrogens with zero attached hydrogens (tertiary/aromatic N) is 2. The second kappa shape index (κ2) is 4.16. The zero-order valence-corrected chi connectivity index (χ0v) is 8.83. The van der Waals surface area contributed by atoms with Crippen LogP contribution in [0.4, 0.5) is 0 Å². The Morgan fingerprint density at radius 2 is 2.20 bits per heavy atom. The van der Waals surface area contributed by atoms with Crippen LogP contribution < -0.4 is 5.32 Å². The second-order valence-electron chi connectivity index (χ2n) is 3.49. The van der Waals surface area contributed by atoms with Gasteiger partial charge in [0.05, 0.1) is 11.2 Å². The van der Waals surface area contributed by atoms with E-state index in [0.29, 0.717) is 18.2 Å². The largest absolute Gasteiger partial charge is 0.481 e. The first-order chi connectivity index (χ1) is 7.20. The van der Waals surface area contributed by atoms with Gasteiger partial charge >= 0.3 is 5.97 Å². The zero-order valence-electron chi connectivity index (χ0n) is 8.01. The van der Waals surface area contributed by atoms with E-state index in [0.717, 1.165) is 0 Å². The van der Waals surface area contributed by atoms with E-state index in [1.54, 1.807) is 18.5 Å². The van der Waals surface area contributed by atoms with Crippen LogP contribution in [0.3, 0.4) is 0 Å². The molecule has 0 amide bonds. The Hall–Kier alpha value is -1.14. The summed E-state index contributed by atoms with van der Waals surface area (Å²) < 4.78 is -0.271. The summed E-state index contributed by atoms with van der Waals surface area (Å²) in [5.41, 5.74) is 0. The second-order valence-corrected chi connectivity index (χ2v) is 4.93. The molecule has 5 nitrogen and oxygen atoms in total. The number of nitrogens with one attached hydrogen (secondary N) is 1. The van der Waals surface area contributed by atoms with Crippen molar-refractivity contribution in [2.75, 3.05) is 13.1 Å². The number of carboxylic acids is 1. The molecule has 1 saturated heterocycles. The molecule has 1 aliphatic rings. The maximum absolute atomic E-state index is 10.7. The van der Waals surface area contributed by atoms with Gasteiger partial charge in [0.15, 0.2) is 5.16 Å². The molecule has 2 N–H and O–H groups in total. The van der Waals surface area contributed by atoms with E-state index in [-0.39, 0.29) is 11.2 Å². The number of aliphatic carboxylic acids is 1. The quantitative estimate of drug-likeness (QED) is 0.722. The van der Waals surface area contributed by atoms with E-state index in [9.17, 15) is 4.79 Å². The van der Waals surface area contributed by atoms with Crippen molar-refractivity contribution in [2.45, 2.75) is 16.3 Å². The van der Waals surface area contributed by atoms with Gasteiger partial charge in [-0.2, -0.15) is 0 Å². The summed E-state index contributed by atoms with van der Waals surface area (Å²) in [5, 5.41) is 12.5. The fraction of sp³-hybridized carbons (Fsp3) is 0.444. The van der Waals surface area contributed by atoms with Gasteiger partial charge in [-0.25, -0.2) is 9.97 Å². The third-order valence-corrected chi connectivity index (χ3v) is 3.48. The molecule has 6 heteroatoms. The number of hydrogen-bond donors (Lipinski definition) is 2. The van der Waals surface area contributed by atoms with Gasteiger partial charge in [-0.05, 0) is 6.07 Å². The normalized spacial score (nSPS) is 18.1.